The predicted octanol–water partition coefficient (Wildman–Crippen LogP) is 2.52. The Bertz CT molecular complexity index is 101. The van der Waals surface area contributed by atoms with Crippen LogP contribution in [0, 0.1) is 0 Å². The third-order valence-electron chi connectivity index (χ3n) is 1.77. The lowest BCUT2D eigenvalue weighted by Gasteiger charge is -1.99. The van der Waals surface area contributed by atoms with Gasteiger partial charge in [-0.1, -0.05) is 25.5 Å². The van der Waals surface area contributed by atoms with Crippen molar-refractivity contribution < 1.29 is 4.74 Å². The van der Waals surface area contributed by atoms with Crippen LogP contribution in [-0.2, 0) is 4.74 Å². The Morgan fingerprint density at radius 1 is 1.60 bits per heavy atom. The molecule has 1 saturated heterocycles. The maximum Gasteiger partial charge on any atom is 0.0756 e. The SMILES string of the molecule is CCCC=C[C@H]1CCCO1. The minimum Gasteiger partial charge on any atom is -0.374 e. The highest BCUT2D eigenvalue weighted by molar-refractivity contribution is 4.91. The van der Waals surface area contributed by atoms with Gasteiger partial charge in [0.2, 0.25) is 0 Å². The van der Waals surface area contributed by atoms with Crippen molar-refractivity contribution in [2.75, 3.05) is 6.61 Å². The Kier molecular flexibility index (Phi) is 3.52. The van der Waals surface area contributed by atoms with Crippen LogP contribution in [0.3, 0.4) is 0 Å². The molecule has 1 heteroatoms. The van der Waals surface area contributed by atoms with Gasteiger partial charge in [0.25, 0.3) is 0 Å². The molecule has 1 aliphatic heterocycles. The first-order valence-corrected chi connectivity index (χ1v) is 4.21. The second-order valence-corrected chi connectivity index (χ2v) is 2.77. The Morgan fingerprint density at radius 3 is 3.10 bits per heavy atom. The summed E-state index contributed by atoms with van der Waals surface area (Å²) in [5.74, 6) is 0. The monoisotopic (exact) mass is 140 g/mol. The lowest BCUT2D eigenvalue weighted by Crippen LogP contribution is -1.98. The standard InChI is InChI=1S/C9H16O/c1-2-3-4-6-9-7-5-8-10-9/h4,6,9H,2-3,5,7-8H2,1H3/t9-/m0/s1. The van der Waals surface area contributed by atoms with Crippen molar-refractivity contribution in [2.24, 2.45) is 0 Å². The largest absolute Gasteiger partial charge is 0.374 e. The molecule has 0 radical (unpaired) electrons. The molecule has 1 nitrogen and oxygen atoms in total. The van der Waals surface area contributed by atoms with Crippen LogP contribution in [0.4, 0.5) is 0 Å². The van der Waals surface area contributed by atoms with Crippen LogP contribution >= 0.6 is 0 Å². The van der Waals surface area contributed by atoms with Crippen LogP contribution in [-0.4, -0.2) is 12.7 Å². The van der Waals surface area contributed by atoms with Crippen molar-refractivity contribution in [1.29, 1.82) is 0 Å². The summed E-state index contributed by atoms with van der Waals surface area (Å²) >= 11 is 0. The Hall–Kier alpha value is -0.300. The van der Waals surface area contributed by atoms with Gasteiger partial charge in [0, 0.05) is 6.61 Å². The normalized spacial score (nSPS) is 26.3. The van der Waals surface area contributed by atoms with Gasteiger partial charge in [-0.2, -0.15) is 0 Å². The van der Waals surface area contributed by atoms with Crippen LogP contribution < -0.4 is 0 Å². The van der Waals surface area contributed by atoms with Crippen LogP contribution in [0.5, 0.6) is 0 Å². The van der Waals surface area contributed by atoms with Gasteiger partial charge in [-0.25, -0.2) is 0 Å². The van der Waals surface area contributed by atoms with Crippen molar-refractivity contribution in [3.05, 3.63) is 12.2 Å². The van der Waals surface area contributed by atoms with Gasteiger partial charge >= 0.3 is 0 Å². The lowest BCUT2D eigenvalue weighted by atomic mass is 10.2. The van der Waals surface area contributed by atoms with Gasteiger partial charge < -0.3 is 4.74 Å². The molecule has 0 amide bonds. The smallest absolute Gasteiger partial charge is 0.0756 e. The zero-order valence-corrected chi connectivity index (χ0v) is 6.68. The van der Waals surface area contributed by atoms with E-state index in [4.69, 9.17) is 4.74 Å². The van der Waals surface area contributed by atoms with E-state index in [-0.39, 0.29) is 0 Å². The zero-order chi connectivity index (χ0) is 7.23. The summed E-state index contributed by atoms with van der Waals surface area (Å²) in [7, 11) is 0. The molecule has 1 atom stereocenters. The Balaban J connectivity index is 2.10. The molecule has 0 aliphatic carbocycles. The number of allylic oxidation sites excluding steroid dienone is 1. The van der Waals surface area contributed by atoms with Gasteiger partial charge in [-0.3, -0.25) is 0 Å². The van der Waals surface area contributed by atoms with E-state index in [1.807, 2.05) is 0 Å². The van der Waals surface area contributed by atoms with Gasteiger partial charge in [-0.05, 0) is 19.3 Å². The van der Waals surface area contributed by atoms with E-state index < -0.39 is 0 Å². The Morgan fingerprint density at radius 2 is 2.50 bits per heavy atom. The third-order valence-corrected chi connectivity index (χ3v) is 1.77. The topological polar surface area (TPSA) is 9.23 Å². The highest BCUT2D eigenvalue weighted by Crippen LogP contribution is 2.12. The second kappa shape index (κ2) is 4.51. The van der Waals surface area contributed by atoms with Crippen molar-refractivity contribution in [3.63, 3.8) is 0 Å². The molecular weight excluding hydrogens is 124 g/mol. The maximum atomic E-state index is 5.41. The average molecular weight is 140 g/mol. The summed E-state index contributed by atoms with van der Waals surface area (Å²) < 4.78 is 5.41. The highest BCUT2D eigenvalue weighted by Gasteiger charge is 2.10. The number of rotatable bonds is 3. The summed E-state index contributed by atoms with van der Waals surface area (Å²) in [6.07, 6.45) is 9.77. The molecular formula is C9H16O. The predicted molar refractivity (Wildman–Crippen MR) is 43.0 cm³/mol. The molecule has 1 fully saturated rings. The second-order valence-electron chi connectivity index (χ2n) is 2.77. The van der Waals surface area contributed by atoms with E-state index in [9.17, 15) is 0 Å². The fourth-order valence-corrected chi connectivity index (χ4v) is 1.17. The molecule has 0 aromatic heterocycles. The number of ether oxygens (including phenoxy) is 1. The molecule has 0 N–H and O–H groups in total. The first-order valence-electron chi connectivity index (χ1n) is 4.21. The summed E-state index contributed by atoms with van der Waals surface area (Å²) in [6.45, 7) is 3.15. The van der Waals surface area contributed by atoms with E-state index in [0.29, 0.717) is 6.10 Å². The number of hydrogen-bond donors (Lipinski definition) is 0. The maximum absolute atomic E-state index is 5.41. The summed E-state index contributed by atoms with van der Waals surface area (Å²) in [5.41, 5.74) is 0. The van der Waals surface area contributed by atoms with E-state index >= 15 is 0 Å². The van der Waals surface area contributed by atoms with Gasteiger partial charge in [0.1, 0.15) is 0 Å². The van der Waals surface area contributed by atoms with Gasteiger partial charge in [0.05, 0.1) is 6.10 Å². The Labute approximate surface area is 63.1 Å². The summed E-state index contributed by atoms with van der Waals surface area (Å²) in [5, 5.41) is 0. The first-order chi connectivity index (χ1) is 4.93. The minimum absolute atomic E-state index is 0.437. The molecule has 0 unspecified atom stereocenters. The molecule has 0 saturated carbocycles. The summed E-state index contributed by atoms with van der Waals surface area (Å²) in [6, 6.07) is 0. The number of hydrogen-bond acceptors (Lipinski definition) is 1. The van der Waals surface area contributed by atoms with Gasteiger partial charge in [-0.15, -0.1) is 0 Å². The van der Waals surface area contributed by atoms with Crippen molar-refractivity contribution >= 4 is 0 Å². The van der Waals surface area contributed by atoms with E-state index in [2.05, 4.69) is 19.1 Å². The molecule has 0 spiro atoms. The molecule has 1 heterocycles. The van der Waals surface area contributed by atoms with E-state index in [1.165, 1.54) is 25.7 Å². The fourth-order valence-electron chi connectivity index (χ4n) is 1.17. The van der Waals surface area contributed by atoms with Crippen molar-refractivity contribution in [2.45, 2.75) is 38.7 Å². The van der Waals surface area contributed by atoms with Gasteiger partial charge in [0.15, 0.2) is 0 Å². The zero-order valence-electron chi connectivity index (χ0n) is 6.68. The molecule has 0 aromatic rings. The lowest BCUT2D eigenvalue weighted by molar-refractivity contribution is 0.145. The van der Waals surface area contributed by atoms with Crippen LogP contribution in [0.15, 0.2) is 12.2 Å². The summed E-state index contributed by atoms with van der Waals surface area (Å²) in [4.78, 5) is 0. The van der Waals surface area contributed by atoms with Crippen LogP contribution in [0.1, 0.15) is 32.6 Å². The molecule has 0 bridgehead atoms. The van der Waals surface area contributed by atoms with Crippen molar-refractivity contribution in [1.82, 2.24) is 0 Å². The quantitative estimate of drug-likeness (QED) is 0.547. The molecule has 10 heavy (non-hydrogen) atoms. The van der Waals surface area contributed by atoms with E-state index in [1.54, 1.807) is 0 Å². The van der Waals surface area contributed by atoms with Crippen LogP contribution in [0.2, 0.25) is 0 Å². The molecule has 0 aromatic carbocycles. The van der Waals surface area contributed by atoms with E-state index in [0.717, 1.165) is 6.61 Å². The molecule has 1 aliphatic rings. The number of unbranched alkanes of at least 4 members (excludes halogenated alkanes) is 1. The first kappa shape index (κ1) is 7.80. The molecule has 1 rings (SSSR count). The fraction of sp³-hybridized carbons (Fsp3) is 0.778. The average Bonchev–Trinajstić information content (AvgIpc) is 2.41. The molecule has 58 valence electrons. The third kappa shape index (κ3) is 2.53. The van der Waals surface area contributed by atoms with Crippen LogP contribution in [0.25, 0.3) is 0 Å². The minimum atomic E-state index is 0.437. The highest BCUT2D eigenvalue weighted by atomic mass is 16.5. The van der Waals surface area contributed by atoms with Crippen molar-refractivity contribution in [3.8, 4) is 0 Å².